The van der Waals surface area contributed by atoms with E-state index in [-0.39, 0.29) is 23.6 Å². The van der Waals surface area contributed by atoms with Gasteiger partial charge in [-0.05, 0) is 12.1 Å². The molecule has 2 rings (SSSR count). The van der Waals surface area contributed by atoms with Crippen LogP contribution in [-0.2, 0) is 24.8 Å². The lowest BCUT2D eigenvalue weighted by atomic mass is 10.2. The maximum Gasteiger partial charge on any atom is 0.417 e. The molecular weight excluding hydrogens is 516 g/mol. The average Bonchev–Trinajstić information content (AvgIpc) is 2.78. The van der Waals surface area contributed by atoms with Crippen molar-refractivity contribution >= 4 is 35.9 Å². The number of nitrogens with zero attached hydrogens (tertiary/aromatic N) is 2. The molecule has 9 nitrogen and oxygen atoms in total. The molecule has 14 heteroatoms. The number of benzene rings is 1. The Bertz CT molecular complexity index is 1140. The molecule has 0 radical (unpaired) electrons. The molecule has 2 atom stereocenters. The molecule has 192 valence electrons. The molecule has 1 heterocycles. The molecule has 35 heavy (non-hydrogen) atoms. The van der Waals surface area contributed by atoms with Gasteiger partial charge >= 0.3 is 12.1 Å². The first-order valence-corrected chi connectivity index (χ1v) is 12.6. The smallest absolute Gasteiger partial charge is 0.417 e. The highest BCUT2D eigenvalue weighted by Crippen LogP contribution is 2.50. The van der Waals surface area contributed by atoms with Gasteiger partial charge in [-0.1, -0.05) is 39.3 Å². The van der Waals surface area contributed by atoms with Crippen molar-refractivity contribution < 1.29 is 41.5 Å². The molecule has 0 amide bonds. The van der Waals surface area contributed by atoms with Crippen molar-refractivity contribution in [3.05, 3.63) is 51.2 Å². The second kappa shape index (κ2) is 11.4. The molecule has 0 aliphatic carbocycles. The van der Waals surface area contributed by atoms with Crippen LogP contribution in [-0.4, -0.2) is 28.3 Å². The zero-order valence-corrected chi connectivity index (χ0v) is 20.8. The van der Waals surface area contributed by atoms with Crippen molar-refractivity contribution in [2.75, 3.05) is 6.16 Å². The van der Waals surface area contributed by atoms with E-state index in [1.54, 1.807) is 20.8 Å². The summed E-state index contributed by atoms with van der Waals surface area (Å²) in [5.41, 5.74) is -1.64. The highest BCUT2D eigenvalue weighted by Gasteiger charge is 2.37. The highest BCUT2D eigenvalue weighted by atomic mass is 35.5. The second-order valence-electron chi connectivity index (χ2n) is 7.57. The molecule has 2 unspecified atom stereocenters. The fourth-order valence-corrected chi connectivity index (χ4v) is 4.98. The van der Waals surface area contributed by atoms with Crippen LogP contribution < -0.4 is 10.0 Å². The standard InChI is InChI=1S/C21H23ClF3N2O7P/c1-5-18(28)33-20(12(3)4)34-35(31,6-2)17-10-14(7-8-16(17)27(29)30)32-19-15(22)9-13(11-26-19)21(23,24)25/h7-12,20H,5-6H2,1-4H3. The molecule has 2 aromatic rings. The minimum absolute atomic E-state index is 0.0351. The molecule has 1 aromatic carbocycles. The third-order valence-electron chi connectivity index (χ3n) is 4.63. The van der Waals surface area contributed by atoms with Gasteiger partial charge in [-0.15, -0.1) is 0 Å². The van der Waals surface area contributed by atoms with Crippen molar-refractivity contribution in [1.29, 1.82) is 0 Å². The molecule has 1 aromatic heterocycles. The number of nitro benzene ring substituents is 1. The predicted molar refractivity (Wildman–Crippen MR) is 121 cm³/mol. The fourth-order valence-electron chi connectivity index (χ4n) is 2.72. The maximum atomic E-state index is 13.8. The van der Waals surface area contributed by atoms with Gasteiger partial charge in [-0.25, -0.2) is 4.98 Å². The monoisotopic (exact) mass is 538 g/mol. The summed E-state index contributed by atoms with van der Waals surface area (Å²) < 4.78 is 68.6. The summed E-state index contributed by atoms with van der Waals surface area (Å²) in [7, 11) is -4.00. The Kier molecular flexibility index (Phi) is 9.27. The summed E-state index contributed by atoms with van der Waals surface area (Å²) in [5, 5.41) is 10.9. The lowest BCUT2D eigenvalue weighted by molar-refractivity contribution is -0.383. The number of halogens is 4. The van der Waals surface area contributed by atoms with Gasteiger partial charge in [0, 0.05) is 36.8 Å². The van der Waals surface area contributed by atoms with Crippen molar-refractivity contribution in [2.45, 2.75) is 46.6 Å². The largest absolute Gasteiger partial charge is 0.438 e. The van der Waals surface area contributed by atoms with E-state index in [1.165, 1.54) is 6.92 Å². The van der Waals surface area contributed by atoms with E-state index in [0.29, 0.717) is 12.3 Å². The normalized spacial score (nSPS) is 14.3. The predicted octanol–water partition coefficient (Wildman–Crippen LogP) is 6.33. The number of aromatic nitrogens is 1. The van der Waals surface area contributed by atoms with Gasteiger partial charge in [0.2, 0.25) is 19.5 Å². The van der Waals surface area contributed by atoms with E-state index in [2.05, 4.69) is 4.98 Å². The van der Waals surface area contributed by atoms with E-state index in [4.69, 9.17) is 25.6 Å². The lowest BCUT2D eigenvalue weighted by Crippen LogP contribution is -2.28. The summed E-state index contributed by atoms with van der Waals surface area (Å²) in [5.74, 6) is -1.58. The van der Waals surface area contributed by atoms with E-state index in [1.807, 2.05) is 0 Å². The van der Waals surface area contributed by atoms with Crippen molar-refractivity contribution in [3.8, 4) is 11.6 Å². The lowest BCUT2D eigenvalue weighted by Gasteiger charge is -2.26. The molecule has 0 saturated heterocycles. The Morgan fingerprint density at radius 3 is 2.40 bits per heavy atom. The summed E-state index contributed by atoms with van der Waals surface area (Å²) in [6.45, 7) is 6.34. The van der Waals surface area contributed by atoms with Crippen LogP contribution in [0, 0.1) is 16.0 Å². The van der Waals surface area contributed by atoms with Crippen LogP contribution in [0.3, 0.4) is 0 Å². The Labute approximate surface area is 204 Å². The molecule has 0 N–H and O–H groups in total. The number of alkyl halides is 3. The zero-order chi connectivity index (χ0) is 26.6. The number of esters is 1. The van der Waals surface area contributed by atoms with Gasteiger partial charge in [0.1, 0.15) is 16.1 Å². The number of hydrogen-bond donors (Lipinski definition) is 0. The second-order valence-corrected chi connectivity index (χ2v) is 10.6. The van der Waals surface area contributed by atoms with E-state index in [0.717, 1.165) is 18.2 Å². The first-order valence-electron chi connectivity index (χ1n) is 10.4. The van der Waals surface area contributed by atoms with E-state index in [9.17, 15) is 32.6 Å². The SMILES string of the molecule is CCC(=O)OC(OP(=O)(CC)c1cc(Oc2ncc(C(F)(F)F)cc2Cl)ccc1[N+](=O)[O-])C(C)C. The topological polar surface area (TPSA) is 118 Å². The van der Waals surface area contributed by atoms with Crippen molar-refractivity contribution in [1.82, 2.24) is 4.98 Å². The molecule has 0 spiro atoms. The molecular formula is C21H23ClF3N2O7P. The summed E-state index contributed by atoms with van der Waals surface area (Å²) in [4.78, 5) is 26.2. The number of ether oxygens (including phenoxy) is 2. The summed E-state index contributed by atoms with van der Waals surface area (Å²) in [6.07, 6.45) is -5.56. The zero-order valence-electron chi connectivity index (χ0n) is 19.2. The van der Waals surface area contributed by atoms with Crippen LogP contribution in [0.5, 0.6) is 11.6 Å². The minimum Gasteiger partial charge on any atom is -0.438 e. The maximum absolute atomic E-state index is 13.8. The van der Waals surface area contributed by atoms with Crippen LogP contribution in [0.4, 0.5) is 18.9 Å². The molecule has 0 bridgehead atoms. The number of rotatable bonds is 10. The minimum atomic E-state index is -4.67. The summed E-state index contributed by atoms with van der Waals surface area (Å²) >= 11 is 5.87. The van der Waals surface area contributed by atoms with Crippen LogP contribution in [0.1, 0.15) is 39.7 Å². The van der Waals surface area contributed by atoms with Gasteiger partial charge in [0.15, 0.2) is 0 Å². The van der Waals surface area contributed by atoms with E-state index >= 15 is 0 Å². The number of pyridine rings is 1. The molecule has 0 aliphatic heterocycles. The molecule has 0 fully saturated rings. The van der Waals surface area contributed by atoms with Gasteiger partial charge in [0.25, 0.3) is 5.69 Å². The van der Waals surface area contributed by atoms with Gasteiger partial charge in [-0.3, -0.25) is 24.0 Å². The van der Waals surface area contributed by atoms with E-state index < -0.39 is 58.8 Å². The Morgan fingerprint density at radius 1 is 1.26 bits per heavy atom. The highest BCUT2D eigenvalue weighted by molar-refractivity contribution is 7.67. The fraction of sp³-hybridized carbons (Fsp3) is 0.429. The van der Waals surface area contributed by atoms with Gasteiger partial charge in [-0.2, -0.15) is 13.2 Å². The molecule has 0 aliphatic rings. The Hall–Kier alpha value is -2.69. The Morgan fingerprint density at radius 2 is 1.91 bits per heavy atom. The number of hydrogen-bond acceptors (Lipinski definition) is 8. The molecule has 0 saturated carbocycles. The van der Waals surface area contributed by atoms with Crippen LogP contribution in [0.15, 0.2) is 30.5 Å². The Balaban J connectivity index is 2.50. The first kappa shape index (κ1) is 28.5. The van der Waals surface area contributed by atoms with Crippen LogP contribution >= 0.6 is 19.0 Å². The van der Waals surface area contributed by atoms with Gasteiger partial charge in [0.05, 0.1) is 10.5 Å². The van der Waals surface area contributed by atoms with Crippen molar-refractivity contribution in [3.63, 3.8) is 0 Å². The third kappa shape index (κ3) is 7.16. The quantitative estimate of drug-likeness (QED) is 0.113. The third-order valence-corrected chi connectivity index (χ3v) is 7.37. The van der Waals surface area contributed by atoms with Crippen LogP contribution in [0.2, 0.25) is 5.02 Å². The number of nitro groups is 1. The van der Waals surface area contributed by atoms with Gasteiger partial charge < -0.3 is 9.47 Å². The van der Waals surface area contributed by atoms with Crippen molar-refractivity contribution in [2.24, 2.45) is 5.92 Å². The first-order chi connectivity index (χ1) is 16.2. The number of carbonyl (C=O) groups is 1. The van der Waals surface area contributed by atoms with Crippen LogP contribution in [0.25, 0.3) is 0 Å². The average molecular weight is 539 g/mol. The summed E-state index contributed by atoms with van der Waals surface area (Å²) in [6, 6.07) is 3.84. The number of carbonyl (C=O) groups excluding carboxylic acids is 1.